The first kappa shape index (κ1) is 15.5. The quantitative estimate of drug-likeness (QED) is 0.848. The fourth-order valence-electron chi connectivity index (χ4n) is 1.99. The Morgan fingerprint density at radius 3 is 2.86 bits per heavy atom. The number of aliphatic hydroxyl groups excluding tert-OH is 1. The largest absolute Gasteiger partial charge is 0.395 e. The predicted octanol–water partition coefficient (Wildman–Crippen LogP) is 2.10. The molecular formula is C14H17F2N3O2. The van der Waals surface area contributed by atoms with Gasteiger partial charge in [-0.05, 0) is 19.1 Å². The van der Waals surface area contributed by atoms with E-state index in [2.05, 4.69) is 10.1 Å². The maximum absolute atomic E-state index is 12.4. The molecule has 0 fully saturated rings. The van der Waals surface area contributed by atoms with E-state index in [-0.39, 0.29) is 19.7 Å². The van der Waals surface area contributed by atoms with E-state index < -0.39 is 13.0 Å². The van der Waals surface area contributed by atoms with Crippen molar-refractivity contribution >= 4 is 0 Å². The molecule has 0 aliphatic carbocycles. The van der Waals surface area contributed by atoms with E-state index in [0.717, 1.165) is 11.1 Å². The zero-order chi connectivity index (χ0) is 15.2. The van der Waals surface area contributed by atoms with Crippen LogP contribution in [0.15, 0.2) is 28.8 Å². The van der Waals surface area contributed by atoms with E-state index in [0.29, 0.717) is 11.7 Å². The maximum Gasteiger partial charge on any atom is 0.257 e. The Morgan fingerprint density at radius 1 is 1.38 bits per heavy atom. The molecule has 0 atom stereocenters. The number of aromatic nitrogens is 2. The highest BCUT2D eigenvalue weighted by molar-refractivity contribution is 5.53. The van der Waals surface area contributed by atoms with Crippen LogP contribution in [0.3, 0.4) is 0 Å². The van der Waals surface area contributed by atoms with Crippen molar-refractivity contribution in [1.82, 2.24) is 15.0 Å². The minimum atomic E-state index is -2.47. The molecule has 0 bridgehead atoms. The van der Waals surface area contributed by atoms with Gasteiger partial charge in [0.2, 0.25) is 0 Å². The molecule has 2 aromatic rings. The van der Waals surface area contributed by atoms with Crippen molar-refractivity contribution < 1.29 is 18.4 Å². The van der Waals surface area contributed by atoms with Crippen LogP contribution >= 0.6 is 0 Å². The third-order valence-corrected chi connectivity index (χ3v) is 2.91. The van der Waals surface area contributed by atoms with Gasteiger partial charge in [0.15, 0.2) is 5.82 Å². The molecule has 0 aliphatic rings. The van der Waals surface area contributed by atoms with Gasteiger partial charge in [-0.3, -0.25) is 4.90 Å². The molecule has 5 nitrogen and oxygen atoms in total. The molecule has 1 heterocycles. The smallest absolute Gasteiger partial charge is 0.257 e. The van der Waals surface area contributed by atoms with Gasteiger partial charge in [0.05, 0.1) is 19.7 Å². The summed E-state index contributed by atoms with van der Waals surface area (Å²) < 4.78 is 30.0. The third kappa shape index (κ3) is 4.57. The molecule has 0 amide bonds. The Kier molecular flexibility index (Phi) is 5.35. The summed E-state index contributed by atoms with van der Waals surface area (Å²) in [5, 5.41) is 12.7. The summed E-state index contributed by atoms with van der Waals surface area (Å²) in [5.41, 5.74) is 1.85. The zero-order valence-corrected chi connectivity index (χ0v) is 11.7. The molecule has 2 rings (SSSR count). The number of benzene rings is 1. The predicted molar refractivity (Wildman–Crippen MR) is 72.8 cm³/mol. The highest BCUT2D eigenvalue weighted by atomic mass is 19.3. The molecule has 1 aromatic carbocycles. The Hall–Kier alpha value is -1.86. The van der Waals surface area contributed by atoms with Crippen LogP contribution in [0, 0.1) is 6.92 Å². The SMILES string of the molecule is Cc1cccc(-c2nc(CN(CCO)CC(F)F)no2)c1. The second-order valence-electron chi connectivity index (χ2n) is 4.74. The van der Waals surface area contributed by atoms with Gasteiger partial charge >= 0.3 is 0 Å². The molecule has 114 valence electrons. The zero-order valence-electron chi connectivity index (χ0n) is 11.7. The maximum atomic E-state index is 12.4. The van der Waals surface area contributed by atoms with E-state index in [1.165, 1.54) is 4.90 Å². The summed E-state index contributed by atoms with van der Waals surface area (Å²) >= 11 is 0. The fourth-order valence-corrected chi connectivity index (χ4v) is 1.99. The normalized spacial score (nSPS) is 11.5. The van der Waals surface area contributed by atoms with Gasteiger partial charge in [-0.25, -0.2) is 8.78 Å². The first-order valence-corrected chi connectivity index (χ1v) is 6.59. The van der Waals surface area contributed by atoms with Crippen LogP contribution in [-0.4, -0.2) is 46.3 Å². The van der Waals surface area contributed by atoms with E-state index in [1.54, 1.807) is 0 Å². The second kappa shape index (κ2) is 7.24. The molecule has 0 saturated carbocycles. The number of rotatable bonds is 7. The fraction of sp³-hybridized carbons (Fsp3) is 0.429. The van der Waals surface area contributed by atoms with Crippen molar-refractivity contribution in [2.24, 2.45) is 0 Å². The lowest BCUT2D eigenvalue weighted by molar-refractivity contribution is 0.0729. The molecule has 0 spiro atoms. The van der Waals surface area contributed by atoms with Crippen molar-refractivity contribution in [2.75, 3.05) is 19.7 Å². The van der Waals surface area contributed by atoms with Crippen LogP contribution in [0.2, 0.25) is 0 Å². The van der Waals surface area contributed by atoms with Crippen LogP contribution in [0.1, 0.15) is 11.4 Å². The van der Waals surface area contributed by atoms with Crippen molar-refractivity contribution in [3.8, 4) is 11.5 Å². The summed E-state index contributed by atoms with van der Waals surface area (Å²) in [6, 6.07) is 7.58. The monoisotopic (exact) mass is 297 g/mol. The molecule has 21 heavy (non-hydrogen) atoms. The lowest BCUT2D eigenvalue weighted by Gasteiger charge is -2.18. The lowest BCUT2D eigenvalue weighted by Crippen LogP contribution is -2.31. The number of nitrogens with zero attached hydrogens (tertiary/aromatic N) is 3. The first-order chi connectivity index (χ1) is 10.1. The van der Waals surface area contributed by atoms with Gasteiger partial charge in [-0.2, -0.15) is 4.98 Å². The van der Waals surface area contributed by atoms with Crippen molar-refractivity contribution in [3.63, 3.8) is 0 Å². The minimum absolute atomic E-state index is 0.111. The van der Waals surface area contributed by atoms with Gasteiger partial charge in [-0.15, -0.1) is 0 Å². The molecule has 0 saturated heterocycles. The number of aryl methyl sites for hydroxylation is 1. The number of hydrogen-bond donors (Lipinski definition) is 1. The first-order valence-electron chi connectivity index (χ1n) is 6.59. The molecule has 0 radical (unpaired) electrons. The third-order valence-electron chi connectivity index (χ3n) is 2.91. The summed E-state index contributed by atoms with van der Waals surface area (Å²) in [6.45, 7) is 1.56. The average molecular weight is 297 g/mol. The van der Waals surface area contributed by atoms with E-state index in [4.69, 9.17) is 9.63 Å². The highest BCUT2D eigenvalue weighted by Crippen LogP contribution is 2.18. The van der Waals surface area contributed by atoms with Gasteiger partial charge < -0.3 is 9.63 Å². The van der Waals surface area contributed by atoms with Crippen molar-refractivity contribution in [2.45, 2.75) is 19.9 Å². The molecular weight excluding hydrogens is 280 g/mol. The number of halogens is 2. The van der Waals surface area contributed by atoms with Crippen LogP contribution in [0.5, 0.6) is 0 Å². The molecule has 1 aromatic heterocycles. The highest BCUT2D eigenvalue weighted by Gasteiger charge is 2.16. The molecule has 0 unspecified atom stereocenters. The van der Waals surface area contributed by atoms with Gasteiger partial charge in [0, 0.05) is 12.1 Å². The number of alkyl halides is 2. The van der Waals surface area contributed by atoms with Crippen LogP contribution in [0.4, 0.5) is 8.78 Å². The van der Waals surface area contributed by atoms with Crippen molar-refractivity contribution in [3.05, 3.63) is 35.7 Å². The van der Waals surface area contributed by atoms with Gasteiger partial charge in [0.25, 0.3) is 12.3 Å². The summed E-state index contributed by atoms with van der Waals surface area (Å²) in [5.74, 6) is 0.676. The van der Waals surface area contributed by atoms with Gasteiger partial charge in [-0.1, -0.05) is 22.9 Å². The molecule has 0 aliphatic heterocycles. The summed E-state index contributed by atoms with van der Waals surface area (Å²) in [4.78, 5) is 5.59. The summed E-state index contributed by atoms with van der Waals surface area (Å²) in [6.07, 6.45) is -2.47. The van der Waals surface area contributed by atoms with Crippen molar-refractivity contribution in [1.29, 1.82) is 0 Å². The Bertz CT molecular complexity index is 575. The Morgan fingerprint density at radius 2 is 2.19 bits per heavy atom. The number of aliphatic hydroxyl groups is 1. The van der Waals surface area contributed by atoms with Crippen LogP contribution < -0.4 is 0 Å². The average Bonchev–Trinajstić information content (AvgIpc) is 2.87. The Labute approximate surface area is 121 Å². The van der Waals surface area contributed by atoms with E-state index in [1.807, 2.05) is 31.2 Å². The van der Waals surface area contributed by atoms with E-state index >= 15 is 0 Å². The lowest BCUT2D eigenvalue weighted by atomic mass is 10.1. The van der Waals surface area contributed by atoms with E-state index in [9.17, 15) is 8.78 Å². The van der Waals surface area contributed by atoms with Gasteiger partial charge in [0.1, 0.15) is 0 Å². The molecule has 1 N–H and O–H groups in total. The van der Waals surface area contributed by atoms with Crippen LogP contribution in [-0.2, 0) is 6.54 Å². The number of hydrogen-bond acceptors (Lipinski definition) is 5. The topological polar surface area (TPSA) is 62.4 Å². The molecule has 7 heteroatoms. The Balaban J connectivity index is 2.08. The standard InChI is InChI=1S/C14H17F2N3O2/c1-10-3-2-4-11(7-10)14-17-13(18-21-14)9-19(5-6-20)8-12(15)16/h2-4,7,12,20H,5-6,8-9H2,1H3. The summed E-state index contributed by atoms with van der Waals surface area (Å²) in [7, 11) is 0. The minimum Gasteiger partial charge on any atom is -0.395 e. The van der Waals surface area contributed by atoms with Crippen LogP contribution in [0.25, 0.3) is 11.5 Å². The second-order valence-corrected chi connectivity index (χ2v) is 4.74.